The second-order valence-electron chi connectivity index (χ2n) is 3.64. The molecule has 0 bridgehead atoms. The van der Waals surface area contributed by atoms with Crippen LogP contribution in [-0.4, -0.2) is 13.6 Å². The number of rotatable bonds is 4. The molecule has 0 heterocycles. The molecule has 1 rings (SSSR count). The Morgan fingerprint density at radius 1 is 1.33 bits per heavy atom. The van der Waals surface area contributed by atoms with Crippen molar-refractivity contribution >= 4 is 17.5 Å². The molecule has 15 heavy (non-hydrogen) atoms. The van der Waals surface area contributed by atoms with E-state index in [0.29, 0.717) is 11.4 Å². The lowest BCUT2D eigenvalue weighted by molar-refractivity contribution is 0.809. The summed E-state index contributed by atoms with van der Waals surface area (Å²) in [6.07, 6.45) is 5.21. The predicted octanol–water partition coefficient (Wildman–Crippen LogP) is 1.78. The first-order valence-electron chi connectivity index (χ1n) is 5.12. The molecule has 0 fully saturated rings. The van der Waals surface area contributed by atoms with Crippen LogP contribution in [0.4, 0.5) is 11.4 Å². The van der Waals surface area contributed by atoms with Crippen molar-refractivity contribution in [3.05, 3.63) is 29.3 Å². The summed E-state index contributed by atoms with van der Waals surface area (Å²) in [7, 11) is 1.94. The molecule has 0 aliphatic heterocycles. The lowest BCUT2D eigenvalue weighted by atomic mass is 10.1. The zero-order chi connectivity index (χ0) is 11.3. The van der Waals surface area contributed by atoms with Crippen LogP contribution in [0.25, 0.3) is 6.08 Å². The smallest absolute Gasteiger partial charge is 0.0577 e. The molecule has 0 spiro atoms. The van der Waals surface area contributed by atoms with Crippen molar-refractivity contribution in [2.24, 2.45) is 0 Å². The summed E-state index contributed by atoms with van der Waals surface area (Å²) in [5, 5.41) is 3.09. The van der Waals surface area contributed by atoms with Gasteiger partial charge in [-0.1, -0.05) is 12.2 Å². The molecule has 0 aliphatic carbocycles. The number of hydrogen-bond donors (Lipinski definition) is 3. The monoisotopic (exact) mass is 205 g/mol. The topological polar surface area (TPSA) is 64.1 Å². The molecule has 0 aliphatic rings. The Bertz CT molecular complexity index is 333. The largest absolute Gasteiger partial charge is 0.397 e. The van der Waals surface area contributed by atoms with Crippen LogP contribution in [0, 0.1) is 6.92 Å². The fourth-order valence-corrected chi connectivity index (χ4v) is 1.40. The van der Waals surface area contributed by atoms with E-state index in [1.165, 1.54) is 0 Å². The van der Waals surface area contributed by atoms with Gasteiger partial charge in [0.25, 0.3) is 0 Å². The van der Waals surface area contributed by atoms with Gasteiger partial charge in [0.05, 0.1) is 11.4 Å². The van der Waals surface area contributed by atoms with E-state index in [9.17, 15) is 0 Å². The van der Waals surface area contributed by atoms with Gasteiger partial charge in [-0.2, -0.15) is 0 Å². The quantitative estimate of drug-likeness (QED) is 0.518. The molecule has 0 radical (unpaired) electrons. The van der Waals surface area contributed by atoms with E-state index in [4.69, 9.17) is 11.5 Å². The average molecular weight is 205 g/mol. The maximum atomic E-state index is 5.78. The average Bonchev–Trinajstić information content (AvgIpc) is 2.21. The van der Waals surface area contributed by atoms with E-state index in [1.54, 1.807) is 0 Å². The van der Waals surface area contributed by atoms with Crippen LogP contribution in [0.2, 0.25) is 0 Å². The molecule has 3 heteroatoms. The molecule has 5 N–H and O–H groups in total. The molecule has 0 amide bonds. The third kappa shape index (κ3) is 3.29. The Labute approximate surface area is 91.2 Å². The number of nitrogens with one attached hydrogen (secondary N) is 1. The number of aryl methyl sites for hydroxylation is 1. The lowest BCUT2D eigenvalue weighted by Crippen LogP contribution is -2.05. The van der Waals surface area contributed by atoms with Crippen molar-refractivity contribution in [2.75, 3.05) is 25.1 Å². The van der Waals surface area contributed by atoms with Gasteiger partial charge < -0.3 is 16.8 Å². The summed E-state index contributed by atoms with van der Waals surface area (Å²) < 4.78 is 0. The van der Waals surface area contributed by atoms with Gasteiger partial charge in [-0.25, -0.2) is 0 Å². The number of benzene rings is 1. The second-order valence-corrected chi connectivity index (χ2v) is 3.64. The molecular formula is C12H19N3. The predicted molar refractivity (Wildman–Crippen MR) is 67.6 cm³/mol. The first kappa shape index (κ1) is 11.6. The van der Waals surface area contributed by atoms with Gasteiger partial charge >= 0.3 is 0 Å². The molecule has 0 aromatic heterocycles. The van der Waals surface area contributed by atoms with Crippen molar-refractivity contribution in [2.45, 2.75) is 13.3 Å². The molecule has 0 saturated heterocycles. The Morgan fingerprint density at radius 3 is 2.67 bits per heavy atom. The van der Waals surface area contributed by atoms with Crippen molar-refractivity contribution in [1.29, 1.82) is 0 Å². The molecule has 0 saturated carbocycles. The summed E-state index contributed by atoms with van der Waals surface area (Å²) in [4.78, 5) is 0. The molecule has 1 aromatic rings. The zero-order valence-corrected chi connectivity index (χ0v) is 9.38. The van der Waals surface area contributed by atoms with Crippen LogP contribution in [0.1, 0.15) is 17.5 Å². The van der Waals surface area contributed by atoms with Crippen molar-refractivity contribution in [1.82, 2.24) is 5.32 Å². The zero-order valence-electron chi connectivity index (χ0n) is 9.38. The minimum absolute atomic E-state index is 0.656. The highest BCUT2D eigenvalue weighted by Crippen LogP contribution is 2.22. The molecule has 82 valence electrons. The van der Waals surface area contributed by atoms with Crippen LogP contribution < -0.4 is 16.8 Å². The van der Waals surface area contributed by atoms with Crippen molar-refractivity contribution in [3.8, 4) is 0 Å². The number of nitrogens with two attached hydrogens (primary N) is 2. The minimum atomic E-state index is 0.656. The summed E-state index contributed by atoms with van der Waals surface area (Å²) in [5.41, 5.74) is 15.0. The molecular weight excluding hydrogens is 186 g/mol. The normalized spacial score (nSPS) is 11.1. The molecule has 0 unspecified atom stereocenters. The number of anilines is 2. The van der Waals surface area contributed by atoms with E-state index in [0.717, 1.165) is 24.1 Å². The van der Waals surface area contributed by atoms with Crippen LogP contribution in [-0.2, 0) is 0 Å². The SMILES string of the molecule is CNCCC=Cc1cc(C)c(N)c(N)c1. The summed E-state index contributed by atoms with van der Waals surface area (Å²) in [5.74, 6) is 0. The summed E-state index contributed by atoms with van der Waals surface area (Å²) in [6.45, 7) is 2.95. The van der Waals surface area contributed by atoms with Gasteiger partial charge in [0.2, 0.25) is 0 Å². The molecule has 3 nitrogen and oxygen atoms in total. The van der Waals surface area contributed by atoms with E-state index < -0.39 is 0 Å². The number of hydrogen-bond acceptors (Lipinski definition) is 3. The van der Waals surface area contributed by atoms with Crippen LogP contribution in [0.5, 0.6) is 0 Å². The second kappa shape index (κ2) is 5.41. The van der Waals surface area contributed by atoms with Gasteiger partial charge in [0.1, 0.15) is 0 Å². The Balaban J connectivity index is 2.74. The van der Waals surface area contributed by atoms with Gasteiger partial charge in [0.15, 0.2) is 0 Å². The maximum Gasteiger partial charge on any atom is 0.0577 e. The highest BCUT2D eigenvalue weighted by Gasteiger charge is 1.99. The Morgan fingerprint density at radius 2 is 2.07 bits per heavy atom. The fourth-order valence-electron chi connectivity index (χ4n) is 1.40. The fraction of sp³-hybridized carbons (Fsp3) is 0.333. The Kier molecular flexibility index (Phi) is 4.18. The van der Waals surface area contributed by atoms with E-state index >= 15 is 0 Å². The molecule has 0 atom stereocenters. The third-order valence-electron chi connectivity index (χ3n) is 2.31. The van der Waals surface area contributed by atoms with Crippen LogP contribution >= 0.6 is 0 Å². The highest BCUT2D eigenvalue weighted by molar-refractivity contribution is 5.71. The van der Waals surface area contributed by atoms with E-state index in [1.807, 2.05) is 26.1 Å². The minimum Gasteiger partial charge on any atom is -0.397 e. The first-order valence-corrected chi connectivity index (χ1v) is 5.12. The summed E-state index contributed by atoms with van der Waals surface area (Å²) in [6, 6.07) is 3.94. The van der Waals surface area contributed by atoms with E-state index in [2.05, 4.69) is 17.5 Å². The van der Waals surface area contributed by atoms with E-state index in [-0.39, 0.29) is 0 Å². The van der Waals surface area contributed by atoms with Crippen LogP contribution in [0.3, 0.4) is 0 Å². The summed E-state index contributed by atoms with van der Waals surface area (Å²) >= 11 is 0. The maximum absolute atomic E-state index is 5.78. The van der Waals surface area contributed by atoms with Gasteiger partial charge in [-0.15, -0.1) is 0 Å². The van der Waals surface area contributed by atoms with Gasteiger partial charge in [-0.3, -0.25) is 0 Å². The Hall–Kier alpha value is -1.48. The van der Waals surface area contributed by atoms with Crippen molar-refractivity contribution in [3.63, 3.8) is 0 Å². The standard InChI is InChI=1S/C12H19N3/c1-9-7-10(5-3-4-6-15-2)8-11(13)12(9)14/h3,5,7-8,15H,4,6,13-14H2,1-2H3. The van der Waals surface area contributed by atoms with Crippen LogP contribution in [0.15, 0.2) is 18.2 Å². The molecule has 1 aromatic carbocycles. The third-order valence-corrected chi connectivity index (χ3v) is 2.31. The lowest BCUT2D eigenvalue weighted by Gasteiger charge is -2.05. The number of nitrogen functional groups attached to an aromatic ring is 2. The highest BCUT2D eigenvalue weighted by atomic mass is 14.8. The first-order chi connectivity index (χ1) is 7.15. The van der Waals surface area contributed by atoms with Gasteiger partial charge in [0, 0.05) is 0 Å². The van der Waals surface area contributed by atoms with Gasteiger partial charge in [-0.05, 0) is 50.2 Å². The van der Waals surface area contributed by atoms with Crippen molar-refractivity contribution < 1.29 is 0 Å².